The number of carbonyl (C=O) groups is 1. The van der Waals surface area contributed by atoms with Crippen LogP contribution < -0.4 is 5.32 Å². The van der Waals surface area contributed by atoms with Gasteiger partial charge in [-0.3, -0.25) is 4.79 Å². The summed E-state index contributed by atoms with van der Waals surface area (Å²) in [6, 6.07) is 0.367. The Morgan fingerprint density at radius 2 is 2.05 bits per heavy atom. The maximum Gasteiger partial charge on any atom is 0.228 e. The molecule has 116 valence electrons. The van der Waals surface area contributed by atoms with Crippen LogP contribution >= 0.6 is 0 Å². The van der Waals surface area contributed by atoms with Gasteiger partial charge in [0.05, 0.1) is 18.1 Å². The van der Waals surface area contributed by atoms with E-state index in [1.165, 1.54) is 6.42 Å². The zero-order valence-corrected chi connectivity index (χ0v) is 13.4. The molecule has 0 aliphatic carbocycles. The molecule has 0 radical (unpaired) electrons. The lowest BCUT2D eigenvalue weighted by atomic mass is 9.87. The van der Waals surface area contributed by atoms with Gasteiger partial charge in [-0.1, -0.05) is 13.8 Å². The molecule has 0 aromatic carbocycles. The van der Waals surface area contributed by atoms with Gasteiger partial charge >= 0.3 is 0 Å². The van der Waals surface area contributed by atoms with Gasteiger partial charge in [-0.05, 0) is 45.6 Å². The number of hydrogen-bond acceptors (Lipinski definition) is 3. The Morgan fingerprint density at radius 3 is 2.55 bits per heavy atom. The lowest BCUT2D eigenvalue weighted by Gasteiger charge is -2.37. The van der Waals surface area contributed by atoms with Gasteiger partial charge in [-0.2, -0.15) is 0 Å². The van der Waals surface area contributed by atoms with Crippen LogP contribution in [0.5, 0.6) is 0 Å². The van der Waals surface area contributed by atoms with E-state index < -0.39 is 0 Å². The number of nitrogens with zero attached hydrogens (tertiary/aromatic N) is 1. The summed E-state index contributed by atoms with van der Waals surface area (Å²) in [5.41, 5.74) is 0. The van der Waals surface area contributed by atoms with Crippen LogP contribution in [0.15, 0.2) is 0 Å². The number of rotatable bonds is 4. The monoisotopic (exact) mass is 282 g/mol. The predicted molar refractivity (Wildman–Crippen MR) is 80.6 cm³/mol. The smallest absolute Gasteiger partial charge is 0.228 e. The van der Waals surface area contributed by atoms with E-state index in [9.17, 15) is 4.79 Å². The van der Waals surface area contributed by atoms with Gasteiger partial charge in [0.15, 0.2) is 0 Å². The maximum absolute atomic E-state index is 13.0. The SMILES string of the molecule is CCCN(C(=O)C1C(C)OC(C)C1C)C1CCCNC1. The molecule has 2 heterocycles. The molecule has 4 heteroatoms. The topological polar surface area (TPSA) is 41.6 Å². The molecule has 4 nitrogen and oxygen atoms in total. The fraction of sp³-hybridized carbons (Fsp3) is 0.938. The molecular weight excluding hydrogens is 252 g/mol. The molecule has 0 bridgehead atoms. The van der Waals surface area contributed by atoms with Gasteiger partial charge in [-0.25, -0.2) is 0 Å². The van der Waals surface area contributed by atoms with Crippen LogP contribution in [0.2, 0.25) is 0 Å². The quantitative estimate of drug-likeness (QED) is 0.858. The number of hydrogen-bond donors (Lipinski definition) is 1. The van der Waals surface area contributed by atoms with Gasteiger partial charge in [0.25, 0.3) is 0 Å². The molecule has 5 atom stereocenters. The Morgan fingerprint density at radius 1 is 1.30 bits per heavy atom. The average molecular weight is 282 g/mol. The number of ether oxygens (including phenoxy) is 1. The number of piperidine rings is 1. The van der Waals surface area contributed by atoms with Crippen molar-refractivity contribution in [1.82, 2.24) is 10.2 Å². The Hall–Kier alpha value is -0.610. The Kier molecular flexibility index (Phi) is 5.44. The van der Waals surface area contributed by atoms with Gasteiger partial charge in [0.2, 0.25) is 5.91 Å². The summed E-state index contributed by atoms with van der Waals surface area (Å²) in [4.78, 5) is 15.1. The van der Waals surface area contributed by atoms with E-state index in [1.54, 1.807) is 0 Å². The first kappa shape index (κ1) is 15.8. The largest absolute Gasteiger partial charge is 0.374 e. The van der Waals surface area contributed by atoms with E-state index in [0.29, 0.717) is 17.9 Å². The minimum absolute atomic E-state index is 0.0264. The first-order valence-electron chi connectivity index (χ1n) is 8.22. The van der Waals surface area contributed by atoms with E-state index in [1.807, 2.05) is 6.92 Å². The van der Waals surface area contributed by atoms with Crippen molar-refractivity contribution >= 4 is 5.91 Å². The Labute approximate surface area is 123 Å². The van der Waals surface area contributed by atoms with Crippen LogP contribution in [0.1, 0.15) is 47.0 Å². The molecule has 0 aromatic rings. The third-order valence-electron chi connectivity index (χ3n) is 4.99. The minimum Gasteiger partial charge on any atom is -0.374 e. The molecular formula is C16H30N2O2. The van der Waals surface area contributed by atoms with Crippen molar-refractivity contribution in [3.63, 3.8) is 0 Å². The highest BCUT2D eigenvalue weighted by molar-refractivity contribution is 5.80. The summed E-state index contributed by atoms with van der Waals surface area (Å²) in [7, 11) is 0. The fourth-order valence-corrected chi connectivity index (χ4v) is 3.70. The number of carbonyl (C=O) groups excluding carboxylic acids is 1. The van der Waals surface area contributed by atoms with E-state index in [4.69, 9.17) is 4.74 Å². The highest BCUT2D eigenvalue weighted by Gasteiger charge is 2.44. The highest BCUT2D eigenvalue weighted by atomic mass is 16.5. The molecule has 2 saturated heterocycles. The van der Waals surface area contributed by atoms with Crippen LogP contribution in [0, 0.1) is 11.8 Å². The Bertz CT molecular complexity index is 328. The zero-order valence-electron chi connectivity index (χ0n) is 13.4. The van der Waals surface area contributed by atoms with Crippen LogP contribution in [0.3, 0.4) is 0 Å². The molecule has 2 aliphatic heterocycles. The molecule has 20 heavy (non-hydrogen) atoms. The normalized spacial score (nSPS) is 37.9. The second-order valence-electron chi connectivity index (χ2n) is 6.46. The van der Waals surface area contributed by atoms with Gasteiger partial charge in [0.1, 0.15) is 0 Å². The lowest BCUT2D eigenvalue weighted by molar-refractivity contribution is -0.140. The zero-order chi connectivity index (χ0) is 14.7. The molecule has 2 aliphatic rings. The molecule has 2 fully saturated rings. The van der Waals surface area contributed by atoms with Crippen molar-refractivity contribution in [1.29, 1.82) is 0 Å². The summed E-state index contributed by atoms with van der Waals surface area (Å²) in [5.74, 6) is 0.650. The number of amides is 1. The van der Waals surface area contributed by atoms with Crippen molar-refractivity contribution < 1.29 is 9.53 Å². The molecule has 0 spiro atoms. The summed E-state index contributed by atoms with van der Waals surface area (Å²) < 4.78 is 5.86. The molecule has 0 aromatic heterocycles. The molecule has 2 rings (SSSR count). The molecule has 0 saturated carbocycles. The van der Waals surface area contributed by atoms with Crippen molar-refractivity contribution in [3.8, 4) is 0 Å². The van der Waals surface area contributed by atoms with Crippen molar-refractivity contribution in [2.24, 2.45) is 11.8 Å². The average Bonchev–Trinajstić information content (AvgIpc) is 2.70. The van der Waals surface area contributed by atoms with Crippen LogP contribution in [0.4, 0.5) is 0 Å². The van der Waals surface area contributed by atoms with E-state index >= 15 is 0 Å². The van der Waals surface area contributed by atoms with Crippen LogP contribution in [0.25, 0.3) is 0 Å². The summed E-state index contributed by atoms with van der Waals surface area (Å²) >= 11 is 0. The first-order chi connectivity index (χ1) is 9.56. The summed E-state index contributed by atoms with van der Waals surface area (Å²) in [6.07, 6.45) is 3.55. The fourth-order valence-electron chi connectivity index (χ4n) is 3.70. The predicted octanol–water partition coefficient (Wildman–Crippen LogP) is 2.04. The highest BCUT2D eigenvalue weighted by Crippen LogP contribution is 2.34. The summed E-state index contributed by atoms with van der Waals surface area (Å²) in [6.45, 7) is 11.3. The van der Waals surface area contributed by atoms with Crippen LogP contribution in [-0.2, 0) is 9.53 Å². The number of nitrogens with one attached hydrogen (secondary N) is 1. The van der Waals surface area contributed by atoms with Crippen molar-refractivity contribution in [2.45, 2.75) is 65.2 Å². The van der Waals surface area contributed by atoms with Gasteiger partial charge < -0.3 is 15.0 Å². The molecule has 1 N–H and O–H groups in total. The van der Waals surface area contributed by atoms with E-state index in [0.717, 1.165) is 32.5 Å². The van der Waals surface area contributed by atoms with Gasteiger partial charge in [-0.15, -0.1) is 0 Å². The Balaban J connectivity index is 2.09. The first-order valence-corrected chi connectivity index (χ1v) is 8.22. The van der Waals surface area contributed by atoms with Crippen molar-refractivity contribution in [2.75, 3.05) is 19.6 Å². The van der Waals surface area contributed by atoms with Crippen LogP contribution in [-0.4, -0.2) is 48.7 Å². The van der Waals surface area contributed by atoms with Gasteiger partial charge in [0, 0.05) is 19.1 Å². The maximum atomic E-state index is 13.0. The van der Waals surface area contributed by atoms with E-state index in [-0.39, 0.29) is 18.1 Å². The van der Waals surface area contributed by atoms with Crippen molar-refractivity contribution in [3.05, 3.63) is 0 Å². The third-order valence-corrected chi connectivity index (χ3v) is 4.99. The molecule has 5 unspecified atom stereocenters. The standard InChI is InChI=1S/C16H30N2O2/c1-5-9-18(14-7-6-8-17-10-14)16(19)15-11(2)12(3)20-13(15)4/h11-15,17H,5-10H2,1-4H3. The van der Waals surface area contributed by atoms with E-state index in [2.05, 4.69) is 31.0 Å². The second-order valence-corrected chi connectivity index (χ2v) is 6.46. The summed E-state index contributed by atoms with van der Waals surface area (Å²) in [5, 5.41) is 3.43. The minimum atomic E-state index is 0.0264. The third kappa shape index (κ3) is 3.17. The lowest BCUT2D eigenvalue weighted by Crippen LogP contribution is -2.52. The molecule has 1 amide bonds. The second kappa shape index (κ2) is 6.90.